The lowest BCUT2D eigenvalue weighted by atomic mass is 10.0. The molecule has 3 heteroatoms. The van der Waals surface area contributed by atoms with E-state index in [-0.39, 0.29) is 5.78 Å². The number of methoxy groups -OCH3 is 1. The molecular formula is C15H14O2S. The van der Waals surface area contributed by atoms with Crippen LogP contribution in [0, 0.1) is 0 Å². The second-order valence-electron chi connectivity index (χ2n) is 4.48. The average molecular weight is 258 g/mol. The van der Waals surface area contributed by atoms with E-state index in [1.807, 2.05) is 23.6 Å². The molecule has 0 saturated heterocycles. The minimum Gasteiger partial charge on any atom is -0.495 e. The Morgan fingerprint density at radius 3 is 2.89 bits per heavy atom. The van der Waals surface area contributed by atoms with Crippen LogP contribution in [-0.2, 0) is 12.8 Å². The number of ketones is 1. The molecular weight excluding hydrogens is 244 g/mol. The average Bonchev–Trinajstić information content (AvgIpc) is 3.05. The summed E-state index contributed by atoms with van der Waals surface area (Å²) in [4.78, 5) is 13.1. The molecule has 0 aliphatic heterocycles. The highest BCUT2D eigenvalue weighted by Gasteiger charge is 2.18. The van der Waals surface area contributed by atoms with Gasteiger partial charge in [0.2, 0.25) is 5.78 Å². The molecule has 0 bridgehead atoms. The van der Waals surface area contributed by atoms with Crippen LogP contribution in [0.25, 0.3) is 0 Å². The van der Waals surface area contributed by atoms with Crippen molar-refractivity contribution in [3.05, 3.63) is 51.2 Å². The third kappa shape index (κ3) is 1.85. The monoisotopic (exact) mass is 258 g/mol. The van der Waals surface area contributed by atoms with E-state index in [9.17, 15) is 4.79 Å². The van der Waals surface area contributed by atoms with Crippen molar-refractivity contribution in [2.24, 2.45) is 0 Å². The molecule has 0 amide bonds. The molecule has 18 heavy (non-hydrogen) atoms. The summed E-state index contributed by atoms with van der Waals surface area (Å²) in [6.07, 6.45) is 3.44. The van der Waals surface area contributed by atoms with Crippen molar-refractivity contribution in [1.29, 1.82) is 0 Å². The summed E-state index contributed by atoms with van der Waals surface area (Å²) in [5.74, 6) is 0.738. The van der Waals surface area contributed by atoms with Gasteiger partial charge >= 0.3 is 0 Å². The third-order valence-electron chi connectivity index (χ3n) is 3.42. The van der Waals surface area contributed by atoms with E-state index < -0.39 is 0 Å². The van der Waals surface area contributed by atoms with Gasteiger partial charge in [-0.3, -0.25) is 4.79 Å². The fraction of sp³-hybridized carbons (Fsp3) is 0.267. The molecule has 1 aliphatic rings. The largest absolute Gasteiger partial charge is 0.495 e. The minimum absolute atomic E-state index is 0.0663. The smallest absolute Gasteiger partial charge is 0.206 e. The summed E-state index contributed by atoms with van der Waals surface area (Å²) >= 11 is 1.44. The molecule has 1 aromatic heterocycles. The van der Waals surface area contributed by atoms with Crippen LogP contribution < -0.4 is 4.74 Å². The Hall–Kier alpha value is -1.61. The number of fused-ring (bicyclic) bond motifs is 1. The minimum atomic E-state index is 0.0663. The molecule has 0 atom stereocenters. The molecule has 3 rings (SSSR count). The summed E-state index contributed by atoms with van der Waals surface area (Å²) in [5, 5.41) is 1.89. The molecule has 1 aliphatic carbocycles. The Bertz CT molecular complexity index is 598. The maximum absolute atomic E-state index is 12.4. The van der Waals surface area contributed by atoms with E-state index in [1.165, 1.54) is 28.9 Å². The molecule has 0 unspecified atom stereocenters. The molecule has 0 N–H and O–H groups in total. The van der Waals surface area contributed by atoms with E-state index in [0.29, 0.717) is 10.6 Å². The van der Waals surface area contributed by atoms with Gasteiger partial charge in [-0.05, 0) is 47.9 Å². The number of hydrogen-bond donors (Lipinski definition) is 0. The van der Waals surface area contributed by atoms with Crippen LogP contribution in [0.3, 0.4) is 0 Å². The van der Waals surface area contributed by atoms with Crippen LogP contribution in [0.5, 0.6) is 5.75 Å². The normalized spacial score (nSPS) is 13.4. The molecule has 2 nitrogen and oxygen atoms in total. The number of carbonyl (C=O) groups is 1. The Balaban J connectivity index is 1.98. The fourth-order valence-electron chi connectivity index (χ4n) is 2.47. The van der Waals surface area contributed by atoms with Crippen molar-refractivity contribution in [1.82, 2.24) is 0 Å². The maximum atomic E-state index is 12.4. The standard InChI is InChI=1S/C15H14O2S/c1-17-13-7-8-18-15(13)14(16)12-6-5-10-3-2-4-11(10)9-12/h5-9H,2-4H2,1H3. The summed E-state index contributed by atoms with van der Waals surface area (Å²) in [5.41, 5.74) is 3.50. The van der Waals surface area contributed by atoms with Gasteiger partial charge in [0.15, 0.2) is 0 Å². The van der Waals surface area contributed by atoms with Gasteiger partial charge in [0.1, 0.15) is 10.6 Å². The highest BCUT2D eigenvalue weighted by molar-refractivity contribution is 7.12. The zero-order valence-electron chi connectivity index (χ0n) is 10.2. The molecule has 1 heterocycles. The van der Waals surface area contributed by atoms with Gasteiger partial charge in [0.05, 0.1) is 7.11 Å². The van der Waals surface area contributed by atoms with Crippen molar-refractivity contribution in [3.63, 3.8) is 0 Å². The summed E-state index contributed by atoms with van der Waals surface area (Å²) in [6, 6.07) is 7.91. The molecule has 0 spiro atoms. The third-order valence-corrected chi connectivity index (χ3v) is 4.31. The Morgan fingerprint density at radius 1 is 1.22 bits per heavy atom. The Morgan fingerprint density at radius 2 is 2.06 bits per heavy atom. The molecule has 0 radical (unpaired) electrons. The number of benzene rings is 1. The van der Waals surface area contributed by atoms with Gasteiger partial charge < -0.3 is 4.74 Å². The Kier molecular flexibility index (Phi) is 2.92. The van der Waals surface area contributed by atoms with E-state index in [1.54, 1.807) is 7.11 Å². The highest BCUT2D eigenvalue weighted by Crippen LogP contribution is 2.29. The number of aryl methyl sites for hydroxylation is 2. The van der Waals surface area contributed by atoms with Crippen LogP contribution in [0.4, 0.5) is 0 Å². The molecule has 1 aromatic carbocycles. The van der Waals surface area contributed by atoms with E-state index in [4.69, 9.17) is 4.74 Å². The fourth-order valence-corrected chi connectivity index (χ4v) is 3.29. The number of rotatable bonds is 3. The molecule has 0 fully saturated rings. The predicted molar refractivity (Wildman–Crippen MR) is 72.8 cm³/mol. The van der Waals surface area contributed by atoms with E-state index in [2.05, 4.69) is 6.07 Å². The van der Waals surface area contributed by atoms with Crippen LogP contribution in [0.15, 0.2) is 29.6 Å². The summed E-state index contributed by atoms with van der Waals surface area (Å²) in [6.45, 7) is 0. The second-order valence-corrected chi connectivity index (χ2v) is 5.40. The molecule has 2 aromatic rings. The summed E-state index contributed by atoms with van der Waals surface area (Å²) in [7, 11) is 1.60. The van der Waals surface area contributed by atoms with Crippen LogP contribution in [0.2, 0.25) is 0 Å². The van der Waals surface area contributed by atoms with Gasteiger partial charge in [-0.2, -0.15) is 0 Å². The number of ether oxygens (including phenoxy) is 1. The first-order chi connectivity index (χ1) is 8.79. The first-order valence-electron chi connectivity index (χ1n) is 6.07. The van der Waals surface area contributed by atoms with Crippen LogP contribution in [0.1, 0.15) is 32.8 Å². The molecule has 0 saturated carbocycles. The van der Waals surface area contributed by atoms with E-state index in [0.717, 1.165) is 18.4 Å². The van der Waals surface area contributed by atoms with Crippen molar-refractivity contribution in [2.75, 3.05) is 7.11 Å². The zero-order valence-corrected chi connectivity index (χ0v) is 11.0. The number of hydrogen-bond acceptors (Lipinski definition) is 3. The quantitative estimate of drug-likeness (QED) is 0.788. The Labute approximate surface area is 110 Å². The van der Waals surface area contributed by atoms with Crippen molar-refractivity contribution < 1.29 is 9.53 Å². The topological polar surface area (TPSA) is 26.3 Å². The van der Waals surface area contributed by atoms with Gasteiger partial charge in [-0.25, -0.2) is 0 Å². The van der Waals surface area contributed by atoms with Crippen LogP contribution in [-0.4, -0.2) is 12.9 Å². The second kappa shape index (κ2) is 4.58. The van der Waals surface area contributed by atoms with Gasteiger partial charge in [0, 0.05) is 5.56 Å². The van der Waals surface area contributed by atoms with Gasteiger partial charge in [-0.1, -0.05) is 12.1 Å². The SMILES string of the molecule is COc1ccsc1C(=O)c1ccc2c(c1)CCC2. The van der Waals surface area contributed by atoms with Gasteiger partial charge in [0.25, 0.3) is 0 Å². The van der Waals surface area contributed by atoms with Gasteiger partial charge in [-0.15, -0.1) is 11.3 Å². The maximum Gasteiger partial charge on any atom is 0.206 e. The first kappa shape index (κ1) is 11.5. The van der Waals surface area contributed by atoms with Crippen molar-refractivity contribution in [2.45, 2.75) is 19.3 Å². The number of carbonyl (C=O) groups excluding carboxylic acids is 1. The van der Waals surface area contributed by atoms with Crippen LogP contribution >= 0.6 is 11.3 Å². The highest BCUT2D eigenvalue weighted by atomic mass is 32.1. The molecule has 92 valence electrons. The lowest BCUT2D eigenvalue weighted by Crippen LogP contribution is -2.01. The predicted octanol–water partition coefficient (Wildman–Crippen LogP) is 3.48. The zero-order chi connectivity index (χ0) is 12.5. The lowest BCUT2D eigenvalue weighted by molar-refractivity contribution is 0.104. The van der Waals surface area contributed by atoms with Crippen molar-refractivity contribution >= 4 is 17.1 Å². The first-order valence-corrected chi connectivity index (χ1v) is 6.95. The lowest BCUT2D eigenvalue weighted by Gasteiger charge is -2.05. The van der Waals surface area contributed by atoms with E-state index >= 15 is 0 Å². The van der Waals surface area contributed by atoms with Crippen molar-refractivity contribution in [3.8, 4) is 5.75 Å². The number of thiophene rings is 1. The summed E-state index contributed by atoms with van der Waals surface area (Å²) < 4.78 is 5.21.